The molecule has 3 nitrogen and oxygen atoms in total. The van der Waals surface area contributed by atoms with Gasteiger partial charge in [0.2, 0.25) is 5.88 Å². The fraction of sp³-hybridized carbons (Fsp3) is 0.267. The molecule has 1 aliphatic carbocycles. The summed E-state index contributed by atoms with van der Waals surface area (Å²) in [5.74, 6) is -1.24. The highest BCUT2D eigenvalue weighted by molar-refractivity contribution is 5.28. The van der Waals surface area contributed by atoms with Crippen LogP contribution in [0.3, 0.4) is 0 Å². The van der Waals surface area contributed by atoms with Crippen LogP contribution in [0.5, 0.6) is 11.6 Å². The minimum atomic E-state index is -0.936. The van der Waals surface area contributed by atoms with Crippen molar-refractivity contribution in [1.82, 2.24) is 10.3 Å². The van der Waals surface area contributed by atoms with Gasteiger partial charge in [-0.05, 0) is 31.0 Å². The Hall–Kier alpha value is -2.01. The molecule has 0 spiro atoms. The summed E-state index contributed by atoms with van der Waals surface area (Å²) >= 11 is 0. The predicted octanol–water partition coefficient (Wildman–Crippen LogP) is 3.40. The zero-order chi connectivity index (χ0) is 13.9. The monoisotopic (exact) mass is 276 g/mol. The van der Waals surface area contributed by atoms with E-state index in [1.807, 2.05) is 12.1 Å². The average molecular weight is 276 g/mol. The van der Waals surface area contributed by atoms with Crippen molar-refractivity contribution in [2.75, 3.05) is 0 Å². The topological polar surface area (TPSA) is 34.1 Å². The van der Waals surface area contributed by atoms with Gasteiger partial charge in [-0.15, -0.1) is 0 Å². The summed E-state index contributed by atoms with van der Waals surface area (Å²) in [4.78, 5) is 4.32. The quantitative estimate of drug-likeness (QED) is 0.908. The molecule has 1 N–H and O–H groups in total. The second kappa shape index (κ2) is 5.54. The minimum Gasteiger partial charge on any atom is -0.439 e. The van der Waals surface area contributed by atoms with E-state index in [2.05, 4.69) is 10.3 Å². The summed E-state index contributed by atoms with van der Waals surface area (Å²) in [5.41, 5.74) is 0.858. The number of benzene rings is 1. The molecule has 0 aliphatic heterocycles. The van der Waals surface area contributed by atoms with Crippen LogP contribution in [0.2, 0.25) is 0 Å². The molecule has 3 rings (SSSR count). The van der Waals surface area contributed by atoms with Crippen molar-refractivity contribution >= 4 is 0 Å². The Kier molecular flexibility index (Phi) is 3.60. The SMILES string of the molecule is Fc1ccc(Oc2cccc(CNC3CC3)n2)cc1F. The van der Waals surface area contributed by atoms with Gasteiger partial charge in [0.25, 0.3) is 0 Å². The van der Waals surface area contributed by atoms with Gasteiger partial charge in [0.05, 0.1) is 5.69 Å². The molecule has 1 heterocycles. The number of nitrogens with zero attached hydrogens (tertiary/aromatic N) is 1. The predicted molar refractivity (Wildman–Crippen MR) is 70.5 cm³/mol. The van der Waals surface area contributed by atoms with E-state index in [4.69, 9.17) is 4.74 Å². The molecule has 0 radical (unpaired) electrons. The third kappa shape index (κ3) is 3.30. The third-order valence-electron chi connectivity index (χ3n) is 3.04. The summed E-state index contributed by atoms with van der Waals surface area (Å²) in [5, 5.41) is 3.35. The van der Waals surface area contributed by atoms with Gasteiger partial charge >= 0.3 is 0 Å². The second-order valence-electron chi connectivity index (χ2n) is 4.80. The highest BCUT2D eigenvalue weighted by Gasteiger charge is 2.20. The molecule has 104 valence electrons. The molecule has 0 amide bonds. The first-order chi connectivity index (χ1) is 9.70. The zero-order valence-electron chi connectivity index (χ0n) is 10.8. The zero-order valence-corrected chi connectivity index (χ0v) is 10.8. The summed E-state index contributed by atoms with van der Waals surface area (Å²) < 4.78 is 31.4. The Morgan fingerprint density at radius 3 is 2.75 bits per heavy atom. The average Bonchev–Trinajstić information content (AvgIpc) is 3.25. The first-order valence-electron chi connectivity index (χ1n) is 6.53. The van der Waals surface area contributed by atoms with Crippen molar-refractivity contribution in [2.45, 2.75) is 25.4 Å². The molecule has 1 aromatic carbocycles. The van der Waals surface area contributed by atoms with E-state index < -0.39 is 11.6 Å². The maximum atomic E-state index is 13.1. The molecular formula is C15H14F2N2O. The summed E-state index contributed by atoms with van der Waals surface area (Å²) in [7, 11) is 0. The van der Waals surface area contributed by atoms with E-state index in [0.29, 0.717) is 18.5 Å². The lowest BCUT2D eigenvalue weighted by molar-refractivity contribution is 0.445. The van der Waals surface area contributed by atoms with Gasteiger partial charge in [-0.2, -0.15) is 0 Å². The van der Waals surface area contributed by atoms with Gasteiger partial charge in [-0.25, -0.2) is 13.8 Å². The largest absolute Gasteiger partial charge is 0.439 e. The van der Waals surface area contributed by atoms with Crippen LogP contribution in [-0.2, 0) is 6.54 Å². The first-order valence-corrected chi connectivity index (χ1v) is 6.53. The molecule has 20 heavy (non-hydrogen) atoms. The van der Waals surface area contributed by atoms with E-state index >= 15 is 0 Å². The number of pyridine rings is 1. The Morgan fingerprint density at radius 2 is 2.00 bits per heavy atom. The van der Waals surface area contributed by atoms with Crippen LogP contribution in [0.4, 0.5) is 8.78 Å². The fourth-order valence-electron chi connectivity index (χ4n) is 1.81. The molecule has 1 saturated carbocycles. The van der Waals surface area contributed by atoms with Crippen molar-refractivity contribution in [1.29, 1.82) is 0 Å². The number of rotatable bonds is 5. The van der Waals surface area contributed by atoms with E-state index in [-0.39, 0.29) is 5.75 Å². The van der Waals surface area contributed by atoms with Crippen LogP contribution in [-0.4, -0.2) is 11.0 Å². The van der Waals surface area contributed by atoms with Gasteiger partial charge in [0, 0.05) is 24.7 Å². The van der Waals surface area contributed by atoms with Crippen LogP contribution < -0.4 is 10.1 Å². The van der Waals surface area contributed by atoms with Crippen molar-refractivity contribution in [2.24, 2.45) is 0 Å². The number of nitrogens with one attached hydrogen (secondary N) is 1. The maximum absolute atomic E-state index is 13.1. The Labute approximate surface area is 115 Å². The molecular weight excluding hydrogens is 262 g/mol. The third-order valence-corrected chi connectivity index (χ3v) is 3.04. The number of halogens is 2. The van der Waals surface area contributed by atoms with Gasteiger partial charge < -0.3 is 10.1 Å². The molecule has 5 heteroatoms. The molecule has 2 aromatic rings. The summed E-state index contributed by atoms with van der Waals surface area (Å²) in [6.45, 7) is 0.680. The van der Waals surface area contributed by atoms with Gasteiger partial charge in [-0.3, -0.25) is 0 Å². The Bertz CT molecular complexity index is 615. The van der Waals surface area contributed by atoms with Crippen LogP contribution in [0.25, 0.3) is 0 Å². The lowest BCUT2D eigenvalue weighted by atomic mass is 10.3. The van der Waals surface area contributed by atoms with Gasteiger partial charge in [0.15, 0.2) is 11.6 Å². The van der Waals surface area contributed by atoms with E-state index in [1.54, 1.807) is 6.07 Å². The minimum absolute atomic E-state index is 0.226. The van der Waals surface area contributed by atoms with Crippen LogP contribution >= 0.6 is 0 Å². The van der Waals surface area contributed by atoms with Gasteiger partial charge in [-0.1, -0.05) is 6.07 Å². The molecule has 1 aromatic heterocycles. The fourth-order valence-corrected chi connectivity index (χ4v) is 1.81. The lowest BCUT2D eigenvalue weighted by Crippen LogP contribution is -2.16. The molecule has 0 bridgehead atoms. The molecule has 0 saturated heterocycles. The summed E-state index contributed by atoms with van der Waals surface area (Å²) in [6, 6.07) is 9.42. The van der Waals surface area contributed by atoms with Crippen LogP contribution in [0.1, 0.15) is 18.5 Å². The number of ether oxygens (including phenoxy) is 1. The summed E-state index contributed by atoms with van der Waals surface area (Å²) in [6.07, 6.45) is 2.43. The first kappa shape index (κ1) is 13.0. The lowest BCUT2D eigenvalue weighted by Gasteiger charge is -2.07. The molecule has 1 aliphatic rings. The van der Waals surface area contributed by atoms with Crippen molar-refractivity contribution in [3.63, 3.8) is 0 Å². The van der Waals surface area contributed by atoms with Gasteiger partial charge in [0.1, 0.15) is 5.75 Å². The number of hydrogen-bond acceptors (Lipinski definition) is 3. The number of hydrogen-bond donors (Lipinski definition) is 1. The molecule has 0 unspecified atom stereocenters. The molecule has 1 fully saturated rings. The smallest absolute Gasteiger partial charge is 0.219 e. The highest BCUT2D eigenvalue weighted by atomic mass is 19.2. The second-order valence-corrected chi connectivity index (χ2v) is 4.80. The normalized spacial score (nSPS) is 14.3. The van der Waals surface area contributed by atoms with Crippen LogP contribution in [0, 0.1) is 11.6 Å². The van der Waals surface area contributed by atoms with E-state index in [0.717, 1.165) is 17.8 Å². The van der Waals surface area contributed by atoms with Crippen molar-refractivity contribution < 1.29 is 13.5 Å². The highest BCUT2D eigenvalue weighted by Crippen LogP contribution is 2.22. The van der Waals surface area contributed by atoms with Crippen molar-refractivity contribution in [3.05, 3.63) is 53.7 Å². The molecule has 0 atom stereocenters. The Morgan fingerprint density at radius 1 is 1.15 bits per heavy atom. The van der Waals surface area contributed by atoms with Crippen LogP contribution in [0.15, 0.2) is 36.4 Å². The standard InChI is InChI=1S/C15H14F2N2O/c16-13-7-6-12(8-14(13)17)20-15-3-1-2-11(19-15)9-18-10-4-5-10/h1-3,6-8,10,18H,4-5,9H2. The number of aromatic nitrogens is 1. The van der Waals surface area contributed by atoms with E-state index in [9.17, 15) is 8.78 Å². The van der Waals surface area contributed by atoms with Crippen molar-refractivity contribution in [3.8, 4) is 11.6 Å². The maximum Gasteiger partial charge on any atom is 0.219 e. The van der Waals surface area contributed by atoms with E-state index in [1.165, 1.54) is 18.9 Å². The Balaban J connectivity index is 1.69.